The van der Waals surface area contributed by atoms with Crippen molar-refractivity contribution in [3.63, 3.8) is 0 Å². The standard InChI is InChI=1S/C10H18N4O3S/c1-5-6(2)14(4)10(15)8-9(18(11,16)17)7(3)12-13-8/h6H,5H2,1-4H3,(H,12,13)(H2,11,16,17). The fourth-order valence-corrected chi connectivity index (χ4v) is 2.43. The monoisotopic (exact) mass is 274 g/mol. The summed E-state index contributed by atoms with van der Waals surface area (Å²) >= 11 is 0. The van der Waals surface area contributed by atoms with Crippen LogP contribution < -0.4 is 5.14 Å². The highest BCUT2D eigenvalue weighted by atomic mass is 32.2. The van der Waals surface area contributed by atoms with Crippen molar-refractivity contribution >= 4 is 15.9 Å². The van der Waals surface area contributed by atoms with Gasteiger partial charge in [-0.05, 0) is 20.3 Å². The molecule has 0 aliphatic rings. The molecule has 0 saturated heterocycles. The van der Waals surface area contributed by atoms with Gasteiger partial charge in [0.05, 0.1) is 5.69 Å². The van der Waals surface area contributed by atoms with Gasteiger partial charge in [-0.15, -0.1) is 0 Å². The number of hydrogen-bond acceptors (Lipinski definition) is 4. The Labute approximate surface area is 106 Å². The molecule has 0 saturated carbocycles. The molecule has 1 heterocycles. The van der Waals surface area contributed by atoms with Crippen LogP contribution >= 0.6 is 0 Å². The molecular formula is C10H18N4O3S. The van der Waals surface area contributed by atoms with Crippen LogP contribution in [-0.2, 0) is 10.0 Å². The zero-order valence-corrected chi connectivity index (χ0v) is 11.7. The highest BCUT2D eigenvalue weighted by molar-refractivity contribution is 7.89. The molecule has 0 spiro atoms. The lowest BCUT2D eigenvalue weighted by Gasteiger charge is -2.23. The highest BCUT2D eigenvalue weighted by Gasteiger charge is 2.28. The zero-order valence-electron chi connectivity index (χ0n) is 10.9. The van der Waals surface area contributed by atoms with Crippen molar-refractivity contribution in [2.24, 2.45) is 5.14 Å². The molecule has 0 aromatic carbocycles. The van der Waals surface area contributed by atoms with Gasteiger partial charge in [0.25, 0.3) is 5.91 Å². The highest BCUT2D eigenvalue weighted by Crippen LogP contribution is 2.18. The summed E-state index contributed by atoms with van der Waals surface area (Å²) in [5.41, 5.74) is 0.108. The lowest BCUT2D eigenvalue weighted by Crippen LogP contribution is -2.35. The number of rotatable bonds is 4. The summed E-state index contributed by atoms with van der Waals surface area (Å²) in [4.78, 5) is 13.4. The summed E-state index contributed by atoms with van der Waals surface area (Å²) in [6.45, 7) is 5.31. The molecule has 0 aliphatic carbocycles. The first-order valence-electron chi connectivity index (χ1n) is 5.55. The number of carbonyl (C=O) groups is 1. The Bertz CT molecular complexity index is 549. The van der Waals surface area contributed by atoms with Gasteiger partial charge in [0.15, 0.2) is 5.69 Å². The van der Waals surface area contributed by atoms with E-state index in [1.807, 2.05) is 13.8 Å². The van der Waals surface area contributed by atoms with Crippen LogP contribution in [0.15, 0.2) is 4.90 Å². The molecule has 1 aromatic heterocycles. The number of aromatic amines is 1. The normalized spacial score (nSPS) is 13.4. The molecule has 0 aliphatic heterocycles. The molecule has 0 bridgehead atoms. The maximum Gasteiger partial charge on any atom is 0.275 e. The average molecular weight is 274 g/mol. The van der Waals surface area contributed by atoms with Crippen LogP contribution in [0.2, 0.25) is 0 Å². The smallest absolute Gasteiger partial charge is 0.275 e. The van der Waals surface area contributed by atoms with Crippen LogP contribution in [0.5, 0.6) is 0 Å². The molecule has 8 heteroatoms. The largest absolute Gasteiger partial charge is 0.338 e. The molecule has 3 N–H and O–H groups in total. The number of H-pyrrole nitrogens is 1. The van der Waals surface area contributed by atoms with E-state index >= 15 is 0 Å². The van der Waals surface area contributed by atoms with Gasteiger partial charge in [0.2, 0.25) is 10.0 Å². The molecule has 1 atom stereocenters. The van der Waals surface area contributed by atoms with Crippen LogP contribution in [0.1, 0.15) is 36.5 Å². The average Bonchev–Trinajstić information content (AvgIpc) is 2.67. The van der Waals surface area contributed by atoms with E-state index in [1.54, 1.807) is 7.05 Å². The van der Waals surface area contributed by atoms with Crippen LogP contribution in [0, 0.1) is 6.92 Å². The number of sulfonamides is 1. The van der Waals surface area contributed by atoms with E-state index in [-0.39, 0.29) is 22.3 Å². The summed E-state index contributed by atoms with van der Waals surface area (Å²) in [7, 11) is -2.37. The first-order valence-corrected chi connectivity index (χ1v) is 7.09. The van der Waals surface area contributed by atoms with Crippen molar-refractivity contribution in [2.45, 2.75) is 38.1 Å². The van der Waals surface area contributed by atoms with Crippen molar-refractivity contribution in [2.75, 3.05) is 7.05 Å². The van der Waals surface area contributed by atoms with Gasteiger partial charge in [-0.25, -0.2) is 13.6 Å². The molecule has 1 unspecified atom stereocenters. The van der Waals surface area contributed by atoms with Gasteiger partial charge in [0, 0.05) is 13.1 Å². The van der Waals surface area contributed by atoms with Gasteiger partial charge >= 0.3 is 0 Å². The van der Waals surface area contributed by atoms with E-state index in [0.29, 0.717) is 0 Å². The van der Waals surface area contributed by atoms with E-state index in [4.69, 9.17) is 5.14 Å². The number of carbonyl (C=O) groups excluding carboxylic acids is 1. The van der Waals surface area contributed by atoms with Gasteiger partial charge in [-0.1, -0.05) is 6.92 Å². The second-order valence-corrected chi connectivity index (χ2v) is 5.74. The van der Waals surface area contributed by atoms with E-state index in [0.717, 1.165) is 6.42 Å². The summed E-state index contributed by atoms with van der Waals surface area (Å²) in [6.07, 6.45) is 0.760. The minimum atomic E-state index is -3.97. The lowest BCUT2D eigenvalue weighted by atomic mass is 10.2. The Morgan fingerprint density at radius 1 is 1.56 bits per heavy atom. The van der Waals surface area contributed by atoms with Crippen LogP contribution in [0.25, 0.3) is 0 Å². The lowest BCUT2D eigenvalue weighted by molar-refractivity contribution is 0.0730. The molecule has 1 aromatic rings. The zero-order chi connectivity index (χ0) is 14.1. The SMILES string of the molecule is CCC(C)N(C)C(=O)c1n[nH]c(C)c1S(N)(=O)=O. The van der Waals surface area contributed by atoms with E-state index < -0.39 is 15.9 Å². The fraction of sp³-hybridized carbons (Fsp3) is 0.600. The minimum absolute atomic E-state index is 0.0113. The van der Waals surface area contributed by atoms with Crippen molar-refractivity contribution in [3.05, 3.63) is 11.4 Å². The van der Waals surface area contributed by atoms with Crippen LogP contribution in [0.4, 0.5) is 0 Å². The van der Waals surface area contributed by atoms with Crippen LogP contribution in [0.3, 0.4) is 0 Å². The third kappa shape index (κ3) is 2.70. The molecule has 1 amide bonds. The maximum absolute atomic E-state index is 12.1. The Hall–Kier alpha value is -1.41. The molecule has 18 heavy (non-hydrogen) atoms. The van der Waals surface area contributed by atoms with Gasteiger partial charge in [-0.2, -0.15) is 5.10 Å². The van der Waals surface area contributed by atoms with Crippen molar-refractivity contribution in [3.8, 4) is 0 Å². The third-order valence-electron chi connectivity index (χ3n) is 2.95. The summed E-state index contributed by atoms with van der Waals surface area (Å²) in [6, 6.07) is -0.0113. The van der Waals surface area contributed by atoms with E-state index in [1.165, 1.54) is 11.8 Å². The molecular weight excluding hydrogens is 256 g/mol. The number of nitrogens with zero attached hydrogens (tertiary/aromatic N) is 2. The Balaban J connectivity index is 3.24. The van der Waals surface area contributed by atoms with E-state index in [2.05, 4.69) is 10.2 Å². The summed E-state index contributed by atoms with van der Waals surface area (Å²) in [5.74, 6) is -0.460. The first kappa shape index (κ1) is 14.7. The number of amides is 1. The fourth-order valence-electron chi connectivity index (χ4n) is 1.55. The predicted octanol–water partition coefficient (Wildman–Crippen LogP) is 0.236. The van der Waals surface area contributed by atoms with E-state index in [9.17, 15) is 13.2 Å². The van der Waals surface area contributed by atoms with Crippen molar-refractivity contribution in [1.29, 1.82) is 0 Å². The van der Waals surface area contributed by atoms with Gasteiger partial charge < -0.3 is 4.90 Å². The van der Waals surface area contributed by atoms with Gasteiger partial charge in [-0.3, -0.25) is 9.89 Å². The molecule has 102 valence electrons. The molecule has 0 fully saturated rings. The second kappa shape index (κ2) is 5.07. The second-order valence-electron chi connectivity index (χ2n) is 4.24. The third-order valence-corrected chi connectivity index (χ3v) is 4.02. The van der Waals surface area contributed by atoms with Crippen molar-refractivity contribution in [1.82, 2.24) is 15.1 Å². The quantitative estimate of drug-likeness (QED) is 0.819. The number of hydrogen-bond donors (Lipinski definition) is 2. The first-order chi connectivity index (χ1) is 8.20. The number of aromatic nitrogens is 2. The molecule has 7 nitrogen and oxygen atoms in total. The van der Waals surface area contributed by atoms with Crippen LogP contribution in [-0.4, -0.2) is 42.5 Å². The topological polar surface area (TPSA) is 109 Å². The Morgan fingerprint density at radius 3 is 2.56 bits per heavy atom. The van der Waals surface area contributed by atoms with Crippen molar-refractivity contribution < 1.29 is 13.2 Å². The number of primary sulfonamides is 1. The predicted molar refractivity (Wildman–Crippen MR) is 66.5 cm³/mol. The Kier molecular flexibility index (Phi) is 4.12. The minimum Gasteiger partial charge on any atom is -0.338 e. The number of nitrogens with two attached hydrogens (primary N) is 1. The number of nitrogens with one attached hydrogen (secondary N) is 1. The molecule has 1 rings (SSSR count). The summed E-state index contributed by atoms with van der Waals surface area (Å²) < 4.78 is 22.9. The maximum atomic E-state index is 12.1. The molecule has 0 radical (unpaired) electrons. The number of aryl methyl sites for hydroxylation is 1. The van der Waals surface area contributed by atoms with Gasteiger partial charge in [0.1, 0.15) is 4.90 Å². The summed E-state index contributed by atoms with van der Waals surface area (Å²) in [5, 5.41) is 11.3. The Morgan fingerprint density at radius 2 is 2.11 bits per heavy atom.